The third-order valence-corrected chi connectivity index (χ3v) is 3.39. The van der Waals surface area contributed by atoms with E-state index in [1.165, 1.54) is 17.7 Å². The van der Waals surface area contributed by atoms with Crippen molar-refractivity contribution in [3.8, 4) is 0 Å². The van der Waals surface area contributed by atoms with Crippen LogP contribution in [-0.4, -0.2) is 20.0 Å². The molecule has 0 heterocycles. The van der Waals surface area contributed by atoms with Gasteiger partial charge in [0.2, 0.25) is 0 Å². The number of allylic oxidation sites excluding steroid dienone is 1. The van der Waals surface area contributed by atoms with Gasteiger partial charge in [-0.2, -0.15) is 0 Å². The van der Waals surface area contributed by atoms with Gasteiger partial charge in [-0.25, -0.2) is 4.39 Å². The molecule has 17 heavy (non-hydrogen) atoms. The highest BCUT2D eigenvalue weighted by atomic mass is 19.1. The van der Waals surface area contributed by atoms with Gasteiger partial charge in [0.25, 0.3) is 0 Å². The van der Waals surface area contributed by atoms with Crippen LogP contribution in [0.5, 0.6) is 0 Å². The van der Waals surface area contributed by atoms with Gasteiger partial charge in [0, 0.05) is 27.1 Å². The molecule has 0 spiro atoms. The summed E-state index contributed by atoms with van der Waals surface area (Å²) in [7, 11) is 3.33. The van der Waals surface area contributed by atoms with Crippen LogP contribution in [0.25, 0.3) is 5.57 Å². The Morgan fingerprint density at radius 1 is 1.12 bits per heavy atom. The largest absolute Gasteiger partial charge is 0.353 e. The minimum Gasteiger partial charge on any atom is -0.353 e. The second-order valence-electron chi connectivity index (χ2n) is 4.26. The molecule has 0 radical (unpaired) electrons. The maximum absolute atomic E-state index is 12.8. The van der Waals surface area contributed by atoms with E-state index < -0.39 is 5.79 Å². The second kappa shape index (κ2) is 4.98. The van der Waals surface area contributed by atoms with E-state index in [-0.39, 0.29) is 5.82 Å². The van der Waals surface area contributed by atoms with Gasteiger partial charge in [-0.15, -0.1) is 0 Å². The highest BCUT2D eigenvalue weighted by Gasteiger charge is 2.31. The van der Waals surface area contributed by atoms with E-state index in [0.717, 1.165) is 24.8 Å². The van der Waals surface area contributed by atoms with Gasteiger partial charge in [0.05, 0.1) is 0 Å². The van der Waals surface area contributed by atoms with Crippen LogP contribution in [0.2, 0.25) is 0 Å². The topological polar surface area (TPSA) is 18.5 Å². The van der Waals surface area contributed by atoms with E-state index in [0.29, 0.717) is 0 Å². The number of methoxy groups -OCH3 is 2. The van der Waals surface area contributed by atoms with Crippen molar-refractivity contribution < 1.29 is 13.9 Å². The molecule has 0 bridgehead atoms. The van der Waals surface area contributed by atoms with E-state index in [1.54, 1.807) is 14.2 Å². The molecule has 0 saturated carbocycles. The minimum absolute atomic E-state index is 0.201. The predicted molar refractivity (Wildman–Crippen MR) is 65.0 cm³/mol. The van der Waals surface area contributed by atoms with Crippen molar-refractivity contribution in [2.75, 3.05) is 14.2 Å². The lowest BCUT2D eigenvalue weighted by Gasteiger charge is -2.33. The van der Waals surface area contributed by atoms with E-state index in [1.807, 2.05) is 12.1 Å². The first-order valence-corrected chi connectivity index (χ1v) is 5.74. The van der Waals surface area contributed by atoms with Gasteiger partial charge in [0.15, 0.2) is 5.79 Å². The monoisotopic (exact) mass is 236 g/mol. The van der Waals surface area contributed by atoms with Crippen LogP contribution in [0.3, 0.4) is 0 Å². The van der Waals surface area contributed by atoms with Gasteiger partial charge in [-0.1, -0.05) is 18.2 Å². The van der Waals surface area contributed by atoms with E-state index in [4.69, 9.17) is 9.47 Å². The molecule has 0 fully saturated rings. The van der Waals surface area contributed by atoms with Crippen LogP contribution in [0.4, 0.5) is 4.39 Å². The molecule has 0 atom stereocenters. The van der Waals surface area contributed by atoms with Gasteiger partial charge in [-0.3, -0.25) is 0 Å². The Hall–Kier alpha value is -1.19. The fourth-order valence-electron chi connectivity index (χ4n) is 2.19. The Labute approximate surface area is 101 Å². The third-order valence-electron chi connectivity index (χ3n) is 3.39. The summed E-state index contributed by atoms with van der Waals surface area (Å²) in [6, 6.07) is 6.61. The van der Waals surface area contributed by atoms with Crippen molar-refractivity contribution >= 4 is 5.57 Å². The maximum atomic E-state index is 12.8. The predicted octanol–water partition coefficient (Wildman–Crippen LogP) is 3.38. The van der Waals surface area contributed by atoms with Crippen molar-refractivity contribution in [3.05, 3.63) is 41.7 Å². The highest BCUT2D eigenvalue weighted by Crippen LogP contribution is 2.35. The van der Waals surface area contributed by atoms with Crippen LogP contribution in [0.1, 0.15) is 24.8 Å². The number of hydrogen-bond donors (Lipinski definition) is 0. The first kappa shape index (κ1) is 12.3. The Balaban J connectivity index is 2.15. The normalized spacial score (nSPS) is 18.9. The fraction of sp³-hybridized carbons (Fsp3) is 0.429. The van der Waals surface area contributed by atoms with Crippen LogP contribution in [-0.2, 0) is 9.47 Å². The van der Waals surface area contributed by atoms with E-state index in [2.05, 4.69) is 6.08 Å². The average molecular weight is 236 g/mol. The molecule has 3 heteroatoms. The third kappa shape index (κ3) is 2.56. The molecular formula is C14H17FO2. The maximum Gasteiger partial charge on any atom is 0.171 e. The van der Waals surface area contributed by atoms with E-state index >= 15 is 0 Å². The Kier molecular flexibility index (Phi) is 3.60. The minimum atomic E-state index is -0.483. The lowest BCUT2D eigenvalue weighted by molar-refractivity contribution is -0.208. The number of rotatable bonds is 3. The van der Waals surface area contributed by atoms with Gasteiger partial charge in [0.1, 0.15) is 5.82 Å². The first-order chi connectivity index (χ1) is 8.19. The molecule has 92 valence electrons. The van der Waals surface area contributed by atoms with Crippen LogP contribution in [0.15, 0.2) is 30.3 Å². The van der Waals surface area contributed by atoms with Crippen molar-refractivity contribution in [2.45, 2.75) is 25.0 Å². The molecule has 2 rings (SSSR count). The van der Waals surface area contributed by atoms with Crippen molar-refractivity contribution in [2.24, 2.45) is 0 Å². The van der Waals surface area contributed by atoms with Gasteiger partial charge >= 0.3 is 0 Å². The molecule has 0 aliphatic heterocycles. The number of hydrogen-bond acceptors (Lipinski definition) is 2. The molecule has 2 nitrogen and oxygen atoms in total. The SMILES string of the molecule is COC1(OC)CC=C(c2ccc(F)cc2)CC1. The van der Waals surface area contributed by atoms with Crippen molar-refractivity contribution in [1.82, 2.24) is 0 Å². The van der Waals surface area contributed by atoms with Gasteiger partial charge in [-0.05, 0) is 29.7 Å². The molecule has 0 saturated heterocycles. The summed E-state index contributed by atoms with van der Waals surface area (Å²) in [6.07, 6.45) is 4.55. The fourth-order valence-corrected chi connectivity index (χ4v) is 2.19. The summed E-state index contributed by atoms with van der Waals surface area (Å²) in [6.45, 7) is 0. The molecule has 1 aliphatic rings. The number of benzene rings is 1. The molecule has 0 amide bonds. The lowest BCUT2D eigenvalue weighted by atomic mass is 9.90. The number of halogens is 1. The zero-order chi connectivity index (χ0) is 12.3. The number of ether oxygens (including phenoxy) is 2. The zero-order valence-corrected chi connectivity index (χ0v) is 10.2. The summed E-state index contributed by atoms with van der Waals surface area (Å²) in [5, 5.41) is 0. The van der Waals surface area contributed by atoms with E-state index in [9.17, 15) is 4.39 Å². The molecule has 1 aromatic carbocycles. The zero-order valence-electron chi connectivity index (χ0n) is 10.2. The molecule has 0 unspecified atom stereocenters. The lowest BCUT2D eigenvalue weighted by Crippen LogP contribution is -2.34. The Bertz CT molecular complexity index is 405. The van der Waals surface area contributed by atoms with Gasteiger partial charge < -0.3 is 9.47 Å². The summed E-state index contributed by atoms with van der Waals surface area (Å²) in [4.78, 5) is 0. The summed E-state index contributed by atoms with van der Waals surface area (Å²) in [5.41, 5.74) is 2.31. The smallest absolute Gasteiger partial charge is 0.171 e. The standard InChI is InChI=1S/C14H17FO2/c1-16-14(17-2)9-7-12(8-10-14)11-3-5-13(15)6-4-11/h3-7H,8-10H2,1-2H3. The van der Waals surface area contributed by atoms with Crippen LogP contribution < -0.4 is 0 Å². The Morgan fingerprint density at radius 2 is 1.76 bits per heavy atom. The molecule has 0 N–H and O–H groups in total. The summed E-state index contributed by atoms with van der Waals surface area (Å²) >= 11 is 0. The molecule has 0 aromatic heterocycles. The highest BCUT2D eigenvalue weighted by molar-refractivity contribution is 5.66. The summed E-state index contributed by atoms with van der Waals surface area (Å²) in [5.74, 6) is -0.683. The molecule has 1 aliphatic carbocycles. The van der Waals surface area contributed by atoms with Crippen LogP contribution >= 0.6 is 0 Å². The van der Waals surface area contributed by atoms with Crippen LogP contribution in [0, 0.1) is 5.82 Å². The average Bonchev–Trinajstić information content (AvgIpc) is 2.40. The van der Waals surface area contributed by atoms with Crippen molar-refractivity contribution in [1.29, 1.82) is 0 Å². The second-order valence-corrected chi connectivity index (χ2v) is 4.26. The quantitative estimate of drug-likeness (QED) is 0.749. The summed E-state index contributed by atoms with van der Waals surface area (Å²) < 4.78 is 23.6. The molecular weight excluding hydrogens is 219 g/mol. The first-order valence-electron chi connectivity index (χ1n) is 5.74. The van der Waals surface area contributed by atoms with Crippen molar-refractivity contribution in [3.63, 3.8) is 0 Å². The molecule has 1 aromatic rings. The Morgan fingerprint density at radius 3 is 2.24 bits per heavy atom.